The summed E-state index contributed by atoms with van der Waals surface area (Å²) >= 11 is 0. The summed E-state index contributed by atoms with van der Waals surface area (Å²) in [5.41, 5.74) is 5.73. The van der Waals surface area contributed by atoms with E-state index in [-0.39, 0.29) is 30.6 Å². The first-order chi connectivity index (χ1) is 8.13. The Labute approximate surface area is 110 Å². The quantitative estimate of drug-likeness (QED) is 0.826. The molecule has 0 bridgehead atoms. The highest BCUT2D eigenvalue weighted by Crippen LogP contribution is 2.20. The van der Waals surface area contributed by atoms with Gasteiger partial charge in [0.25, 0.3) is 0 Å². The highest BCUT2D eigenvalue weighted by Gasteiger charge is 2.08. The Hall–Kier alpha value is -1.40. The van der Waals surface area contributed by atoms with Crippen LogP contribution in [0.5, 0.6) is 5.75 Å². The van der Waals surface area contributed by atoms with Gasteiger partial charge in [-0.15, -0.1) is 12.4 Å². The zero-order chi connectivity index (χ0) is 12.7. The molecule has 3 N–H and O–H groups in total. The van der Waals surface area contributed by atoms with Gasteiger partial charge in [0, 0.05) is 6.54 Å². The minimum Gasteiger partial charge on any atom is -0.435 e. The highest BCUT2D eigenvalue weighted by molar-refractivity contribution is 5.85. The van der Waals surface area contributed by atoms with Crippen molar-refractivity contribution in [3.8, 4) is 5.75 Å². The van der Waals surface area contributed by atoms with E-state index in [1.54, 1.807) is 18.2 Å². The Morgan fingerprint density at radius 3 is 2.67 bits per heavy atom. The number of para-hydroxylation sites is 1. The fourth-order valence-corrected chi connectivity index (χ4v) is 1.33. The van der Waals surface area contributed by atoms with E-state index in [1.165, 1.54) is 6.07 Å². The van der Waals surface area contributed by atoms with Gasteiger partial charge in [-0.3, -0.25) is 4.79 Å². The van der Waals surface area contributed by atoms with Crippen LogP contribution < -0.4 is 15.8 Å². The normalized spacial score (nSPS) is 9.78. The predicted molar refractivity (Wildman–Crippen MR) is 66.1 cm³/mol. The SMILES string of the molecule is Cl.NCC(=O)NCCc1ccccc1OC(F)F. The van der Waals surface area contributed by atoms with E-state index in [0.717, 1.165) is 0 Å². The van der Waals surface area contributed by atoms with E-state index in [4.69, 9.17) is 5.73 Å². The van der Waals surface area contributed by atoms with Gasteiger partial charge in [0.15, 0.2) is 0 Å². The number of amides is 1. The van der Waals surface area contributed by atoms with Crippen LogP contribution in [0.25, 0.3) is 0 Å². The average Bonchev–Trinajstić information content (AvgIpc) is 2.30. The molecule has 1 rings (SSSR count). The monoisotopic (exact) mass is 280 g/mol. The first-order valence-corrected chi connectivity index (χ1v) is 5.13. The minimum absolute atomic E-state index is 0. The summed E-state index contributed by atoms with van der Waals surface area (Å²) in [5.74, 6) is -0.151. The summed E-state index contributed by atoms with van der Waals surface area (Å²) < 4.78 is 28.6. The van der Waals surface area contributed by atoms with Gasteiger partial charge in [0.1, 0.15) is 5.75 Å². The van der Waals surface area contributed by atoms with E-state index in [1.807, 2.05) is 0 Å². The maximum absolute atomic E-state index is 12.1. The molecule has 0 unspecified atom stereocenters. The number of nitrogens with one attached hydrogen (secondary N) is 1. The molecule has 0 saturated carbocycles. The van der Waals surface area contributed by atoms with Gasteiger partial charge in [-0.05, 0) is 18.1 Å². The van der Waals surface area contributed by atoms with Crippen molar-refractivity contribution < 1.29 is 18.3 Å². The molecule has 0 heterocycles. The summed E-state index contributed by atoms with van der Waals surface area (Å²) in [6.45, 7) is -2.61. The lowest BCUT2D eigenvalue weighted by Crippen LogP contribution is -2.31. The van der Waals surface area contributed by atoms with Crippen LogP contribution in [-0.2, 0) is 11.2 Å². The maximum atomic E-state index is 12.1. The average molecular weight is 281 g/mol. The lowest BCUT2D eigenvalue weighted by atomic mass is 10.1. The molecule has 0 saturated heterocycles. The molecule has 0 radical (unpaired) electrons. The van der Waals surface area contributed by atoms with Crippen molar-refractivity contribution in [3.05, 3.63) is 29.8 Å². The van der Waals surface area contributed by atoms with Crippen molar-refractivity contribution in [1.82, 2.24) is 5.32 Å². The van der Waals surface area contributed by atoms with E-state index < -0.39 is 6.61 Å². The van der Waals surface area contributed by atoms with Crippen LogP contribution in [0.15, 0.2) is 24.3 Å². The second-order valence-electron chi connectivity index (χ2n) is 3.29. The fourth-order valence-electron chi connectivity index (χ4n) is 1.33. The van der Waals surface area contributed by atoms with Crippen LogP contribution in [-0.4, -0.2) is 25.6 Å². The highest BCUT2D eigenvalue weighted by atomic mass is 35.5. The molecule has 0 aromatic heterocycles. The van der Waals surface area contributed by atoms with Crippen molar-refractivity contribution in [3.63, 3.8) is 0 Å². The Kier molecular flexibility index (Phi) is 7.98. The van der Waals surface area contributed by atoms with Crippen molar-refractivity contribution in [2.45, 2.75) is 13.0 Å². The van der Waals surface area contributed by atoms with Crippen LogP contribution in [0.2, 0.25) is 0 Å². The summed E-state index contributed by atoms with van der Waals surface area (Å²) in [4.78, 5) is 10.9. The smallest absolute Gasteiger partial charge is 0.387 e. The molecule has 1 amide bonds. The topological polar surface area (TPSA) is 64.4 Å². The van der Waals surface area contributed by atoms with E-state index in [2.05, 4.69) is 10.1 Å². The van der Waals surface area contributed by atoms with Gasteiger partial charge in [0.2, 0.25) is 5.91 Å². The lowest BCUT2D eigenvalue weighted by molar-refractivity contribution is -0.119. The molecule has 0 aliphatic carbocycles. The Bertz CT molecular complexity index is 378. The fraction of sp³-hybridized carbons (Fsp3) is 0.364. The number of alkyl halides is 2. The number of carbonyl (C=O) groups excluding carboxylic acids is 1. The molecule has 0 aliphatic rings. The van der Waals surface area contributed by atoms with Gasteiger partial charge < -0.3 is 15.8 Å². The molecule has 1 aromatic rings. The number of halogens is 3. The first-order valence-electron chi connectivity index (χ1n) is 5.13. The van der Waals surface area contributed by atoms with Gasteiger partial charge in [0.05, 0.1) is 6.54 Å². The third-order valence-corrected chi connectivity index (χ3v) is 2.09. The van der Waals surface area contributed by atoms with Crippen LogP contribution in [0.4, 0.5) is 8.78 Å². The number of carbonyl (C=O) groups is 1. The van der Waals surface area contributed by atoms with E-state index >= 15 is 0 Å². The summed E-state index contributed by atoms with van der Waals surface area (Å²) in [6, 6.07) is 6.47. The molecule has 18 heavy (non-hydrogen) atoms. The van der Waals surface area contributed by atoms with Crippen LogP contribution in [0.3, 0.4) is 0 Å². The molecular formula is C11H15ClF2N2O2. The molecule has 102 valence electrons. The molecule has 0 atom stereocenters. The largest absolute Gasteiger partial charge is 0.435 e. The van der Waals surface area contributed by atoms with Crippen molar-refractivity contribution in [1.29, 1.82) is 0 Å². The van der Waals surface area contributed by atoms with Gasteiger partial charge in [-0.1, -0.05) is 18.2 Å². The third-order valence-electron chi connectivity index (χ3n) is 2.09. The molecule has 0 aliphatic heterocycles. The van der Waals surface area contributed by atoms with E-state index in [9.17, 15) is 13.6 Å². The second kappa shape index (κ2) is 8.66. The lowest BCUT2D eigenvalue weighted by Gasteiger charge is -2.10. The molecule has 4 nitrogen and oxygen atoms in total. The number of benzene rings is 1. The van der Waals surface area contributed by atoms with E-state index in [0.29, 0.717) is 18.5 Å². The zero-order valence-electron chi connectivity index (χ0n) is 9.57. The predicted octanol–water partition coefficient (Wildman–Crippen LogP) is 1.33. The number of ether oxygens (including phenoxy) is 1. The Morgan fingerprint density at radius 2 is 2.06 bits per heavy atom. The third kappa shape index (κ3) is 5.79. The first kappa shape index (κ1) is 16.6. The van der Waals surface area contributed by atoms with Crippen molar-refractivity contribution in [2.75, 3.05) is 13.1 Å². The molecular weight excluding hydrogens is 266 g/mol. The van der Waals surface area contributed by atoms with Crippen molar-refractivity contribution in [2.24, 2.45) is 5.73 Å². The number of hydrogen-bond donors (Lipinski definition) is 2. The van der Waals surface area contributed by atoms with Gasteiger partial charge in [-0.25, -0.2) is 0 Å². The van der Waals surface area contributed by atoms with Crippen LogP contribution >= 0.6 is 12.4 Å². The van der Waals surface area contributed by atoms with Gasteiger partial charge >= 0.3 is 6.61 Å². The Morgan fingerprint density at radius 1 is 1.39 bits per heavy atom. The maximum Gasteiger partial charge on any atom is 0.387 e. The number of rotatable bonds is 6. The second-order valence-corrected chi connectivity index (χ2v) is 3.29. The molecule has 7 heteroatoms. The zero-order valence-corrected chi connectivity index (χ0v) is 10.4. The molecule has 1 aromatic carbocycles. The summed E-state index contributed by atoms with van der Waals surface area (Å²) in [7, 11) is 0. The standard InChI is InChI=1S/C11H14F2N2O2.ClH/c12-11(13)17-9-4-2-1-3-8(9)5-6-15-10(16)7-14;/h1-4,11H,5-7,14H2,(H,15,16);1H. The minimum atomic E-state index is -2.85. The number of hydrogen-bond acceptors (Lipinski definition) is 3. The molecule has 0 spiro atoms. The summed E-state index contributed by atoms with van der Waals surface area (Å²) in [5, 5.41) is 2.55. The van der Waals surface area contributed by atoms with Crippen molar-refractivity contribution >= 4 is 18.3 Å². The number of nitrogens with two attached hydrogens (primary N) is 1. The molecule has 0 fully saturated rings. The summed E-state index contributed by atoms with van der Waals surface area (Å²) in [6.07, 6.45) is 0.411. The van der Waals surface area contributed by atoms with Gasteiger partial charge in [-0.2, -0.15) is 8.78 Å². The Balaban J connectivity index is 0.00000289. The van der Waals surface area contributed by atoms with Crippen LogP contribution in [0, 0.1) is 0 Å². The van der Waals surface area contributed by atoms with Crippen LogP contribution in [0.1, 0.15) is 5.56 Å².